The van der Waals surface area contributed by atoms with E-state index in [4.69, 9.17) is 9.47 Å². The summed E-state index contributed by atoms with van der Waals surface area (Å²) in [6.07, 6.45) is 1.57. The second kappa shape index (κ2) is 9.17. The molecule has 1 aliphatic heterocycles. The van der Waals surface area contributed by atoms with E-state index in [1.807, 2.05) is 31.2 Å². The van der Waals surface area contributed by atoms with Crippen molar-refractivity contribution >= 4 is 11.7 Å². The summed E-state index contributed by atoms with van der Waals surface area (Å²) < 4.78 is 11.0. The summed E-state index contributed by atoms with van der Waals surface area (Å²) in [5.41, 5.74) is 1.79. The Hall–Kier alpha value is -2.64. The fraction of sp³-hybridized carbons (Fsp3) is 0.368. The number of hydrogen-bond acceptors (Lipinski definition) is 5. The number of hydrogen-bond donors (Lipinski definition) is 2. The van der Waals surface area contributed by atoms with Crippen LogP contribution < -0.4 is 15.4 Å². The first-order valence-corrected chi connectivity index (χ1v) is 8.74. The van der Waals surface area contributed by atoms with Crippen LogP contribution in [0.5, 0.6) is 11.6 Å². The van der Waals surface area contributed by atoms with Crippen LogP contribution in [0.15, 0.2) is 42.6 Å². The maximum absolute atomic E-state index is 11.9. The second-order valence-corrected chi connectivity index (χ2v) is 6.14. The van der Waals surface area contributed by atoms with Gasteiger partial charge in [-0.05, 0) is 25.1 Å². The van der Waals surface area contributed by atoms with Gasteiger partial charge in [-0.3, -0.25) is 4.90 Å². The highest BCUT2D eigenvalue weighted by atomic mass is 16.5. The smallest absolute Gasteiger partial charge is 0.319 e. The van der Waals surface area contributed by atoms with Crippen LogP contribution in [-0.2, 0) is 4.74 Å². The highest BCUT2D eigenvalue weighted by molar-refractivity contribution is 5.88. The van der Waals surface area contributed by atoms with Gasteiger partial charge >= 0.3 is 6.03 Å². The molecule has 0 bridgehead atoms. The molecule has 26 heavy (non-hydrogen) atoms. The van der Waals surface area contributed by atoms with Gasteiger partial charge in [-0.25, -0.2) is 9.78 Å². The summed E-state index contributed by atoms with van der Waals surface area (Å²) in [4.78, 5) is 18.4. The number of ether oxygens (including phenoxy) is 2. The van der Waals surface area contributed by atoms with E-state index in [1.165, 1.54) is 5.56 Å². The van der Waals surface area contributed by atoms with Crippen LogP contribution in [-0.4, -0.2) is 55.3 Å². The van der Waals surface area contributed by atoms with Crippen molar-refractivity contribution < 1.29 is 14.3 Å². The number of carbonyl (C=O) groups excluding carboxylic acids is 1. The molecule has 0 spiro atoms. The van der Waals surface area contributed by atoms with E-state index in [2.05, 4.69) is 20.5 Å². The molecule has 138 valence electrons. The molecule has 0 saturated carbocycles. The standard InChI is InChI=1S/C19H24N4O3/c1-15-2-5-17(6-3-15)26-18-7-4-16(14-21-18)22-19(24)20-8-9-23-10-12-25-13-11-23/h2-7,14H,8-13H2,1H3,(H2,20,22,24). The van der Waals surface area contributed by atoms with Gasteiger partial charge in [0, 0.05) is 32.2 Å². The van der Waals surface area contributed by atoms with Crippen LogP contribution in [0.25, 0.3) is 0 Å². The van der Waals surface area contributed by atoms with E-state index in [9.17, 15) is 4.79 Å². The number of amides is 2. The first-order chi connectivity index (χ1) is 12.7. The van der Waals surface area contributed by atoms with Gasteiger partial charge in [0.05, 0.1) is 25.1 Å². The molecule has 7 heteroatoms. The lowest BCUT2D eigenvalue weighted by molar-refractivity contribution is 0.0388. The minimum atomic E-state index is -0.243. The fourth-order valence-corrected chi connectivity index (χ4v) is 2.57. The van der Waals surface area contributed by atoms with Gasteiger partial charge in [-0.2, -0.15) is 0 Å². The Kier molecular flexibility index (Phi) is 6.40. The highest BCUT2D eigenvalue weighted by Gasteiger charge is 2.10. The number of nitrogens with zero attached hydrogens (tertiary/aromatic N) is 2. The molecular weight excluding hydrogens is 332 g/mol. The fourth-order valence-electron chi connectivity index (χ4n) is 2.57. The van der Waals surface area contributed by atoms with Crippen LogP contribution in [0.4, 0.5) is 10.5 Å². The molecule has 1 aromatic heterocycles. The van der Waals surface area contributed by atoms with Crippen LogP contribution >= 0.6 is 0 Å². The minimum Gasteiger partial charge on any atom is -0.439 e. The Morgan fingerprint density at radius 1 is 1.19 bits per heavy atom. The summed E-state index contributed by atoms with van der Waals surface area (Å²) in [7, 11) is 0. The van der Waals surface area contributed by atoms with E-state index in [-0.39, 0.29) is 6.03 Å². The van der Waals surface area contributed by atoms with Gasteiger partial charge in [0.2, 0.25) is 5.88 Å². The molecule has 2 aromatic rings. The Labute approximate surface area is 153 Å². The molecule has 2 heterocycles. The summed E-state index contributed by atoms with van der Waals surface area (Å²) in [6, 6.07) is 11.0. The Balaban J connectivity index is 1.41. The predicted molar refractivity (Wildman–Crippen MR) is 99.8 cm³/mol. The molecule has 0 unspecified atom stereocenters. The molecule has 3 rings (SSSR count). The van der Waals surface area contributed by atoms with Crippen molar-refractivity contribution in [3.8, 4) is 11.6 Å². The van der Waals surface area contributed by atoms with Crippen LogP contribution in [0.2, 0.25) is 0 Å². The minimum absolute atomic E-state index is 0.243. The molecule has 0 atom stereocenters. The number of carbonyl (C=O) groups is 1. The van der Waals surface area contributed by atoms with Gasteiger partial charge in [-0.1, -0.05) is 17.7 Å². The largest absolute Gasteiger partial charge is 0.439 e. The van der Waals surface area contributed by atoms with E-state index in [1.54, 1.807) is 18.3 Å². The molecule has 0 aliphatic carbocycles. The number of rotatable bonds is 6. The number of morpholine rings is 1. The van der Waals surface area contributed by atoms with Gasteiger partial charge in [-0.15, -0.1) is 0 Å². The van der Waals surface area contributed by atoms with E-state index < -0.39 is 0 Å². The zero-order chi connectivity index (χ0) is 18.2. The number of nitrogens with one attached hydrogen (secondary N) is 2. The Morgan fingerprint density at radius 3 is 2.65 bits per heavy atom. The number of aromatic nitrogens is 1. The van der Waals surface area contributed by atoms with Crippen LogP contribution in [0.1, 0.15) is 5.56 Å². The molecule has 1 aromatic carbocycles. The van der Waals surface area contributed by atoms with Gasteiger partial charge in [0.15, 0.2) is 0 Å². The third-order valence-electron chi connectivity index (χ3n) is 4.05. The monoisotopic (exact) mass is 356 g/mol. The van der Waals surface area contributed by atoms with Crippen molar-refractivity contribution in [2.75, 3.05) is 44.7 Å². The quantitative estimate of drug-likeness (QED) is 0.832. The van der Waals surface area contributed by atoms with Crippen molar-refractivity contribution in [3.63, 3.8) is 0 Å². The second-order valence-electron chi connectivity index (χ2n) is 6.14. The topological polar surface area (TPSA) is 75.7 Å². The zero-order valence-corrected chi connectivity index (χ0v) is 14.9. The average Bonchev–Trinajstić information content (AvgIpc) is 2.66. The van der Waals surface area contributed by atoms with Crippen molar-refractivity contribution in [3.05, 3.63) is 48.2 Å². The van der Waals surface area contributed by atoms with Gasteiger partial charge in [0.25, 0.3) is 0 Å². The number of urea groups is 1. The summed E-state index contributed by atoms with van der Waals surface area (Å²) in [5, 5.41) is 5.61. The summed E-state index contributed by atoms with van der Waals surface area (Å²) >= 11 is 0. The van der Waals surface area contributed by atoms with Gasteiger partial charge < -0.3 is 20.1 Å². The van der Waals surface area contributed by atoms with Gasteiger partial charge in [0.1, 0.15) is 5.75 Å². The normalized spacial score (nSPS) is 14.7. The van der Waals surface area contributed by atoms with E-state index in [0.29, 0.717) is 18.1 Å². The predicted octanol–water partition coefficient (Wildman–Crippen LogP) is 2.64. The molecule has 2 N–H and O–H groups in total. The molecule has 2 amide bonds. The molecule has 1 fully saturated rings. The lowest BCUT2D eigenvalue weighted by atomic mass is 10.2. The molecular formula is C19H24N4O3. The molecule has 1 aliphatic rings. The third kappa shape index (κ3) is 5.72. The lowest BCUT2D eigenvalue weighted by Crippen LogP contribution is -2.42. The third-order valence-corrected chi connectivity index (χ3v) is 4.05. The van der Waals surface area contributed by atoms with Crippen molar-refractivity contribution in [1.82, 2.24) is 15.2 Å². The summed E-state index contributed by atoms with van der Waals surface area (Å²) in [5.74, 6) is 1.21. The summed E-state index contributed by atoms with van der Waals surface area (Å²) in [6.45, 7) is 6.77. The number of benzene rings is 1. The van der Waals surface area contributed by atoms with E-state index in [0.717, 1.165) is 38.6 Å². The van der Waals surface area contributed by atoms with Crippen molar-refractivity contribution in [2.45, 2.75) is 6.92 Å². The molecule has 7 nitrogen and oxygen atoms in total. The first-order valence-electron chi connectivity index (χ1n) is 8.74. The maximum atomic E-state index is 11.9. The average molecular weight is 356 g/mol. The van der Waals surface area contributed by atoms with Crippen molar-refractivity contribution in [1.29, 1.82) is 0 Å². The number of aryl methyl sites for hydroxylation is 1. The zero-order valence-electron chi connectivity index (χ0n) is 14.9. The van der Waals surface area contributed by atoms with Crippen molar-refractivity contribution in [2.24, 2.45) is 0 Å². The lowest BCUT2D eigenvalue weighted by Gasteiger charge is -2.26. The Morgan fingerprint density at radius 2 is 1.96 bits per heavy atom. The highest BCUT2D eigenvalue weighted by Crippen LogP contribution is 2.20. The van der Waals surface area contributed by atoms with Crippen LogP contribution in [0.3, 0.4) is 0 Å². The van der Waals surface area contributed by atoms with E-state index >= 15 is 0 Å². The number of pyridine rings is 1. The molecule has 0 radical (unpaired) electrons. The SMILES string of the molecule is Cc1ccc(Oc2ccc(NC(=O)NCCN3CCOCC3)cn2)cc1. The van der Waals surface area contributed by atoms with Crippen LogP contribution in [0, 0.1) is 6.92 Å². The maximum Gasteiger partial charge on any atom is 0.319 e. The first kappa shape index (κ1) is 18.2. The Bertz CT molecular complexity index is 698. The molecule has 1 saturated heterocycles. The number of anilines is 1.